The number of hydrogen-bond donors (Lipinski definition) is 1. The van der Waals surface area contributed by atoms with E-state index >= 15 is 0 Å². The third-order valence-electron chi connectivity index (χ3n) is 3.04. The highest BCUT2D eigenvalue weighted by Crippen LogP contribution is 2.39. The fourth-order valence-corrected chi connectivity index (χ4v) is 2.96. The molecule has 0 saturated heterocycles. The van der Waals surface area contributed by atoms with Crippen molar-refractivity contribution < 1.29 is 32.3 Å². The molecular formula is C13H11NO7S. The van der Waals surface area contributed by atoms with Crippen molar-refractivity contribution in [2.24, 2.45) is 0 Å². The van der Waals surface area contributed by atoms with Gasteiger partial charge in [-0.3, -0.25) is 0 Å². The van der Waals surface area contributed by atoms with Crippen LogP contribution in [0.3, 0.4) is 0 Å². The Morgan fingerprint density at radius 3 is 2.36 bits per heavy atom. The maximum Gasteiger partial charge on any atom is 0.374 e. The van der Waals surface area contributed by atoms with E-state index in [2.05, 4.69) is 9.68 Å². The minimum absolute atomic E-state index is 0.0398. The zero-order chi connectivity index (χ0) is 15.9. The molecule has 0 aliphatic carbocycles. The number of fused-ring (bicyclic) bond motifs is 1. The first kappa shape index (κ1) is 14.4. The second-order valence-corrected chi connectivity index (χ2v) is 6.63. The molecule has 0 bridgehead atoms. The Labute approximate surface area is 125 Å². The van der Waals surface area contributed by atoms with Crippen molar-refractivity contribution in [1.82, 2.24) is 5.16 Å². The molecule has 1 aliphatic heterocycles. The summed E-state index contributed by atoms with van der Waals surface area (Å²) >= 11 is 0. The van der Waals surface area contributed by atoms with Crippen LogP contribution in [-0.2, 0) is 9.84 Å². The number of benzene rings is 1. The number of carboxylic acids is 1. The number of hydrogen-bond acceptors (Lipinski definition) is 7. The average Bonchev–Trinajstić information content (AvgIpc) is 2.95. The molecule has 3 rings (SSSR count). The van der Waals surface area contributed by atoms with Crippen LogP contribution >= 0.6 is 0 Å². The van der Waals surface area contributed by atoms with E-state index < -0.39 is 15.8 Å². The van der Waals surface area contributed by atoms with Gasteiger partial charge in [-0.2, -0.15) is 0 Å². The van der Waals surface area contributed by atoms with Gasteiger partial charge in [-0.15, -0.1) is 0 Å². The molecule has 22 heavy (non-hydrogen) atoms. The molecule has 2 aromatic rings. The molecule has 0 spiro atoms. The van der Waals surface area contributed by atoms with E-state index in [9.17, 15) is 13.2 Å². The molecule has 9 heteroatoms. The Bertz CT molecular complexity index is 853. The van der Waals surface area contributed by atoms with Crippen LogP contribution in [0.2, 0.25) is 0 Å². The first-order valence-corrected chi connectivity index (χ1v) is 8.09. The van der Waals surface area contributed by atoms with Crippen molar-refractivity contribution in [1.29, 1.82) is 0 Å². The normalized spacial score (nSPS) is 13.9. The molecule has 0 unspecified atom stereocenters. The number of aromatic carboxylic acids is 1. The fourth-order valence-electron chi connectivity index (χ4n) is 2.08. The highest BCUT2D eigenvalue weighted by molar-refractivity contribution is 7.90. The van der Waals surface area contributed by atoms with Crippen molar-refractivity contribution in [3.63, 3.8) is 0 Å². The predicted octanol–water partition coefficient (Wildman–Crippen LogP) is 1.21. The van der Waals surface area contributed by atoms with Crippen molar-refractivity contribution in [3.05, 3.63) is 24.0 Å². The minimum atomic E-state index is -3.59. The van der Waals surface area contributed by atoms with E-state index in [0.29, 0.717) is 24.7 Å². The third-order valence-corrected chi connectivity index (χ3v) is 4.18. The van der Waals surface area contributed by atoms with Gasteiger partial charge in [0.05, 0.1) is 4.90 Å². The van der Waals surface area contributed by atoms with Crippen molar-refractivity contribution in [3.8, 4) is 22.8 Å². The van der Waals surface area contributed by atoms with Crippen molar-refractivity contribution in [2.45, 2.75) is 4.90 Å². The van der Waals surface area contributed by atoms with Crippen molar-refractivity contribution in [2.75, 3.05) is 19.5 Å². The molecule has 0 amide bonds. The molecule has 0 fully saturated rings. The van der Waals surface area contributed by atoms with E-state index in [-0.39, 0.29) is 21.9 Å². The number of carbonyl (C=O) groups is 1. The quantitative estimate of drug-likeness (QED) is 0.895. The maximum absolute atomic E-state index is 12.0. The lowest BCUT2D eigenvalue weighted by Crippen LogP contribution is -2.16. The van der Waals surface area contributed by atoms with Gasteiger partial charge in [0.1, 0.15) is 18.9 Å². The lowest BCUT2D eigenvalue weighted by atomic mass is 10.1. The predicted molar refractivity (Wildman–Crippen MR) is 73.0 cm³/mol. The second-order valence-electron chi connectivity index (χ2n) is 4.65. The van der Waals surface area contributed by atoms with Gasteiger partial charge in [0.25, 0.3) is 0 Å². The Kier molecular flexibility index (Phi) is 3.28. The second kappa shape index (κ2) is 5.02. The minimum Gasteiger partial charge on any atom is -0.486 e. The standard InChI is InChI=1S/C13H11NO7S/c1-22(17,18)12-6-10-9(19-2-3-20-10)4-7(12)8-5-11(13(15)16)21-14-8/h4-6H,2-3H2,1H3,(H,15,16). The van der Waals surface area contributed by atoms with E-state index in [1.807, 2.05) is 0 Å². The largest absolute Gasteiger partial charge is 0.486 e. The van der Waals surface area contributed by atoms with Crippen LogP contribution < -0.4 is 9.47 Å². The van der Waals surface area contributed by atoms with Gasteiger partial charge < -0.3 is 19.1 Å². The molecule has 1 aliphatic rings. The van der Waals surface area contributed by atoms with Crippen LogP contribution in [0.5, 0.6) is 11.5 Å². The van der Waals surface area contributed by atoms with E-state index in [1.54, 1.807) is 0 Å². The molecular weight excluding hydrogens is 314 g/mol. The summed E-state index contributed by atoms with van der Waals surface area (Å²) in [5.74, 6) is -0.993. The highest BCUT2D eigenvalue weighted by atomic mass is 32.2. The lowest BCUT2D eigenvalue weighted by Gasteiger charge is -2.20. The number of sulfone groups is 1. The summed E-state index contributed by atoms with van der Waals surface area (Å²) in [5, 5.41) is 12.5. The Morgan fingerprint density at radius 1 is 1.18 bits per heavy atom. The van der Waals surface area contributed by atoms with Gasteiger partial charge in [-0.1, -0.05) is 5.16 Å². The number of aromatic nitrogens is 1. The van der Waals surface area contributed by atoms with Crippen LogP contribution in [0.1, 0.15) is 10.6 Å². The first-order chi connectivity index (χ1) is 10.4. The zero-order valence-corrected chi connectivity index (χ0v) is 12.2. The SMILES string of the molecule is CS(=O)(=O)c1cc2c(cc1-c1cc(C(=O)O)on1)OCCO2. The van der Waals surface area contributed by atoms with Gasteiger partial charge in [-0.05, 0) is 6.07 Å². The van der Waals surface area contributed by atoms with Gasteiger partial charge in [0, 0.05) is 24.0 Å². The Hall–Kier alpha value is -2.55. The van der Waals surface area contributed by atoms with Crippen LogP contribution in [0.15, 0.2) is 27.6 Å². The van der Waals surface area contributed by atoms with Crippen LogP contribution in [0.25, 0.3) is 11.3 Å². The molecule has 8 nitrogen and oxygen atoms in total. The summed E-state index contributed by atoms with van der Waals surface area (Å²) in [6.07, 6.45) is 1.04. The first-order valence-electron chi connectivity index (χ1n) is 6.20. The molecule has 0 atom stereocenters. The number of rotatable bonds is 3. The zero-order valence-electron chi connectivity index (χ0n) is 11.4. The van der Waals surface area contributed by atoms with Gasteiger partial charge >= 0.3 is 5.97 Å². The number of carboxylic acid groups (broad SMARTS) is 1. The molecule has 2 heterocycles. The molecule has 1 N–H and O–H groups in total. The van der Waals surface area contributed by atoms with Gasteiger partial charge in [-0.25, -0.2) is 13.2 Å². The van der Waals surface area contributed by atoms with Crippen molar-refractivity contribution >= 4 is 15.8 Å². The lowest BCUT2D eigenvalue weighted by molar-refractivity contribution is 0.0652. The topological polar surface area (TPSA) is 116 Å². The maximum atomic E-state index is 12.0. The molecule has 0 radical (unpaired) electrons. The average molecular weight is 325 g/mol. The van der Waals surface area contributed by atoms with E-state index in [1.165, 1.54) is 12.1 Å². The van der Waals surface area contributed by atoms with Gasteiger partial charge in [0.2, 0.25) is 5.76 Å². The Morgan fingerprint density at radius 2 is 1.82 bits per heavy atom. The van der Waals surface area contributed by atoms with Crippen LogP contribution in [-0.4, -0.2) is 44.1 Å². The fraction of sp³-hybridized carbons (Fsp3) is 0.231. The summed E-state index contributed by atoms with van der Waals surface area (Å²) in [4.78, 5) is 10.8. The molecule has 116 valence electrons. The summed E-state index contributed by atoms with van der Waals surface area (Å²) in [5.41, 5.74) is 0.290. The van der Waals surface area contributed by atoms with Gasteiger partial charge in [0.15, 0.2) is 21.3 Å². The van der Waals surface area contributed by atoms with E-state index in [0.717, 1.165) is 12.3 Å². The Balaban J connectivity index is 2.21. The van der Waals surface area contributed by atoms with Crippen LogP contribution in [0, 0.1) is 0 Å². The third kappa shape index (κ3) is 2.50. The van der Waals surface area contributed by atoms with Crippen LogP contribution in [0.4, 0.5) is 0 Å². The molecule has 1 aromatic heterocycles. The smallest absolute Gasteiger partial charge is 0.374 e. The molecule has 1 aromatic carbocycles. The summed E-state index contributed by atoms with van der Waals surface area (Å²) < 4.78 is 39.4. The van der Waals surface area contributed by atoms with E-state index in [4.69, 9.17) is 14.6 Å². The monoisotopic (exact) mass is 325 g/mol. The highest BCUT2D eigenvalue weighted by Gasteiger charge is 2.24. The summed E-state index contributed by atoms with van der Waals surface area (Å²) in [6.45, 7) is 0.659. The number of nitrogens with zero attached hydrogens (tertiary/aromatic N) is 1. The number of ether oxygens (including phenoxy) is 2. The summed E-state index contributed by atoms with van der Waals surface area (Å²) in [7, 11) is -3.59. The summed E-state index contributed by atoms with van der Waals surface area (Å²) in [6, 6.07) is 3.95. The molecule has 0 saturated carbocycles.